The van der Waals surface area contributed by atoms with Crippen molar-refractivity contribution in [1.82, 2.24) is 9.78 Å². The van der Waals surface area contributed by atoms with E-state index in [1.165, 1.54) is 0 Å². The molecule has 84 valence electrons. The third-order valence-corrected chi connectivity index (χ3v) is 3.14. The lowest BCUT2D eigenvalue weighted by Gasteiger charge is -2.02. The summed E-state index contributed by atoms with van der Waals surface area (Å²) in [5, 5.41) is 5.45. The molecular formula is C10H8BrCl2N3. The van der Waals surface area contributed by atoms with Gasteiger partial charge in [0.2, 0.25) is 0 Å². The minimum atomic E-state index is 0.377. The van der Waals surface area contributed by atoms with Crippen LogP contribution in [0.2, 0.25) is 10.0 Å². The maximum Gasteiger partial charge on any atom is 0.0906 e. The Morgan fingerprint density at radius 2 is 1.88 bits per heavy atom. The van der Waals surface area contributed by atoms with E-state index in [4.69, 9.17) is 28.9 Å². The number of halogens is 3. The summed E-state index contributed by atoms with van der Waals surface area (Å²) in [6.07, 6.45) is 1.82. The van der Waals surface area contributed by atoms with E-state index < -0.39 is 0 Å². The number of aromatic nitrogens is 2. The molecule has 1 aromatic carbocycles. The first-order valence-electron chi connectivity index (χ1n) is 4.50. The van der Waals surface area contributed by atoms with Gasteiger partial charge >= 0.3 is 0 Å². The molecule has 0 bridgehead atoms. The molecule has 16 heavy (non-hydrogen) atoms. The van der Waals surface area contributed by atoms with Gasteiger partial charge in [0.15, 0.2) is 0 Å². The Bertz CT molecular complexity index is 505. The van der Waals surface area contributed by atoms with Crippen molar-refractivity contribution in [3.8, 4) is 5.69 Å². The van der Waals surface area contributed by atoms with Crippen LogP contribution in [0.3, 0.4) is 0 Å². The molecule has 1 heterocycles. The molecular weight excluding hydrogens is 313 g/mol. The summed E-state index contributed by atoms with van der Waals surface area (Å²) < 4.78 is 2.55. The van der Waals surface area contributed by atoms with Gasteiger partial charge in [0.25, 0.3) is 0 Å². The summed E-state index contributed by atoms with van der Waals surface area (Å²) >= 11 is 15.2. The van der Waals surface area contributed by atoms with E-state index in [2.05, 4.69) is 21.0 Å². The van der Waals surface area contributed by atoms with Crippen molar-refractivity contribution in [3.63, 3.8) is 0 Å². The summed E-state index contributed by atoms with van der Waals surface area (Å²) in [7, 11) is 0. The minimum Gasteiger partial charge on any atom is -0.325 e. The third kappa shape index (κ3) is 2.40. The zero-order chi connectivity index (χ0) is 11.7. The van der Waals surface area contributed by atoms with E-state index >= 15 is 0 Å². The molecule has 0 atom stereocenters. The Hall–Kier alpha value is -0.550. The van der Waals surface area contributed by atoms with Gasteiger partial charge < -0.3 is 5.73 Å². The fourth-order valence-electron chi connectivity index (χ4n) is 1.33. The maximum absolute atomic E-state index is 5.92. The second-order valence-electron chi connectivity index (χ2n) is 3.20. The van der Waals surface area contributed by atoms with E-state index in [-0.39, 0.29) is 0 Å². The Labute approximate surface area is 111 Å². The smallest absolute Gasteiger partial charge is 0.0906 e. The standard InChI is InChI=1S/C10H8BrCl2N3/c11-9-5-16(15-10(9)4-14)8-2-6(12)1-7(13)3-8/h1-3,5H,4,14H2. The van der Waals surface area contributed by atoms with Gasteiger partial charge in [-0.1, -0.05) is 23.2 Å². The molecule has 6 heteroatoms. The number of nitrogens with zero attached hydrogens (tertiary/aromatic N) is 2. The molecule has 0 saturated heterocycles. The van der Waals surface area contributed by atoms with Crippen molar-refractivity contribution in [1.29, 1.82) is 0 Å². The van der Waals surface area contributed by atoms with Gasteiger partial charge in [-0.15, -0.1) is 0 Å². The van der Waals surface area contributed by atoms with Gasteiger partial charge in [0, 0.05) is 22.8 Å². The van der Waals surface area contributed by atoms with Crippen LogP contribution >= 0.6 is 39.1 Å². The summed E-state index contributed by atoms with van der Waals surface area (Å²) in [4.78, 5) is 0. The van der Waals surface area contributed by atoms with Gasteiger partial charge in [0.1, 0.15) is 0 Å². The Morgan fingerprint density at radius 1 is 1.25 bits per heavy atom. The van der Waals surface area contributed by atoms with Gasteiger partial charge in [-0.25, -0.2) is 4.68 Å². The molecule has 2 aromatic rings. The number of hydrogen-bond donors (Lipinski definition) is 1. The highest BCUT2D eigenvalue weighted by Crippen LogP contribution is 2.23. The second-order valence-corrected chi connectivity index (χ2v) is 4.93. The molecule has 2 N–H and O–H groups in total. The molecule has 0 aliphatic rings. The molecule has 3 nitrogen and oxygen atoms in total. The number of rotatable bonds is 2. The van der Waals surface area contributed by atoms with Crippen molar-refractivity contribution in [2.45, 2.75) is 6.54 Å². The SMILES string of the molecule is NCc1nn(-c2cc(Cl)cc(Cl)c2)cc1Br. The predicted molar refractivity (Wildman–Crippen MR) is 69.2 cm³/mol. The fraction of sp³-hybridized carbons (Fsp3) is 0.100. The first kappa shape index (κ1) is 11.9. The zero-order valence-corrected chi connectivity index (χ0v) is 11.2. The average molecular weight is 321 g/mol. The lowest BCUT2D eigenvalue weighted by atomic mass is 10.3. The highest BCUT2D eigenvalue weighted by molar-refractivity contribution is 9.10. The van der Waals surface area contributed by atoms with E-state index in [0.29, 0.717) is 16.6 Å². The quantitative estimate of drug-likeness (QED) is 0.921. The lowest BCUT2D eigenvalue weighted by molar-refractivity contribution is 0.833. The minimum absolute atomic E-state index is 0.377. The topological polar surface area (TPSA) is 43.8 Å². The monoisotopic (exact) mass is 319 g/mol. The third-order valence-electron chi connectivity index (χ3n) is 2.04. The van der Waals surface area contributed by atoms with E-state index in [0.717, 1.165) is 15.9 Å². The fourth-order valence-corrected chi connectivity index (χ4v) is 2.28. The summed E-state index contributed by atoms with van der Waals surface area (Å²) in [5.41, 5.74) is 7.14. The van der Waals surface area contributed by atoms with Crippen LogP contribution in [0.25, 0.3) is 5.69 Å². The molecule has 0 fully saturated rings. The van der Waals surface area contributed by atoms with Gasteiger partial charge in [-0.3, -0.25) is 0 Å². The average Bonchev–Trinajstić information content (AvgIpc) is 2.58. The predicted octanol–water partition coefficient (Wildman–Crippen LogP) is 3.40. The number of hydrogen-bond acceptors (Lipinski definition) is 2. The van der Waals surface area contributed by atoms with Crippen LogP contribution in [0, 0.1) is 0 Å². The van der Waals surface area contributed by atoms with Crippen molar-refractivity contribution in [3.05, 3.63) is 44.6 Å². The molecule has 0 unspecified atom stereocenters. The molecule has 0 spiro atoms. The van der Waals surface area contributed by atoms with E-state index in [1.54, 1.807) is 22.9 Å². The van der Waals surface area contributed by atoms with Crippen LogP contribution in [0.4, 0.5) is 0 Å². The molecule has 1 aromatic heterocycles. The maximum atomic E-state index is 5.92. The summed E-state index contributed by atoms with van der Waals surface area (Å²) in [6, 6.07) is 5.25. The zero-order valence-electron chi connectivity index (χ0n) is 8.12. The van der Waals surface area contributed by atoms with Gasteiger partial charge in [-0.05, 0) is 34.1 Å². The van der Waals surface area contributed by atoms with Crippen LogP contribution in [0.15, 0.2) is 28.9 Å². The van der Waals surface area contributed by atoms with Crippen LogP contribution in [-0.4, -0.2) is 9.78 Å². The van der Waals surface area contributed by atoms with Crippen LogP contribution in [-0.2, 0) is 6.54 Å². The molecule has 0 aliphatic carbocycles. The Kier molecular flexibility index (Phi) is 3.54. The van der Waals surface area contributed by atoms with E-state index in [1.807, 2.05) is 6.20 Å². The Balaban J connectivity index is 2.49. The van der Waals surface area contributed by atoms with Crippen molar-refractivity contribution >= 4 is 39.1 Å². The largest absolute Gasteiger partial charge is 0.325 e. The first-order valence-corrected chi connectivity index (χ1v) is 6.05. The molecule has 2 rings (SSSR count). The van der Waals surface area contributed by atoms with Crippen LogP contribution in [0.5, 0.6) is 0 Å². The molecule has 0 saturated carbocycles. The molecule has 0 aliphatic heterocycles. The Morgan fingerprint density at radius 3 is 2.38 bits per heavy atom. The number of nitrogens with two attached hydrogens (primary N) is 1. The van der Waals surface area contributed by atoms with Gasteiger partial charge in [0.05, 0.1) is 15.9 Å². The molecule has 0 radical (unpaired) electrons. The van der Waals surface area contributed by atoms with Crippen LogP contribution in [0.1, 0.15) is 5.69 Å². The number of benzene rings is 1. The molecule has 0 amide bonds. The van der Waals surface area contributed by atoms with Crippen molar-refractivity contribution in [2.24, 2.45) is 5.73 Å². The van der Waals surface area contributed by atoms with Crippen LogP contribution < -0.4 is 5.73 Å². The first-order chi connectivity index (χ1) is 7.60. The lowest BCUT2D eigenvalue weighted by Crippen LogP contribution is -2.00. The normalized spacial score (nSPS) is 10.8. The highest BCUT2D eigenvalue weighted by Gasteiger charge is 2.07. The summed E-state index contributed by atoms with van der Waals surface area (Å²) in [6.45, 7) is 0.377. The van der Waals surface area contributed by atoms with E-state index in [9.17, 15) is 0 Å². The highest BCUT2D eigenvalue weighted by atomic mass is 79.9. The summed E-state index contributed by atoms with van der Waals surface area (Å²) in [5.74, 6) is 0. The van der Waals surface area contributed by atoms with Crippen molar-refractivity contribution in [2.75, 3.05) is 0 Å². The second kappa shape index (κ2) is 4.75. The van der Waals surface area contributed by atoms with Gasteiger partial charge in [-0.2, -0.15) is 5.10 Å². The van der Waals surface area contributed by atoms with Crippen molar-refractivity contribution < 1.29 is 0 Å².